The van der Waals surface area contributed by atoms with Gasteiger partial charge in [0.15, 0.2) is 0 Å². The summed E-state index contributed by atoms with van der Waals surface area (Å²) < 4.78 is 5.28. The normalized spacial score (nSPS) is 19.4. The monoisotopic (exact) mass is 352 g/mol. The van der Waals surface area contributed by atoms with Crippen molar-refractivity contribution in [1.29, 1.82) is 0 Å². The van der Waals surface area contributed by atoms with Crippen LogP contribution >= 0.6 is 0 Å². The Morgan fingerprint density at radius 1 is 1.08 bits per heavy atom. The lowest BCUT2D eigenvalue weighted by atomic mass is 9.91. The number of nitrogens with one attached hydrogen (secondary N) is 1. The topological polar surface area (TPSA) is 75.7 Å². The summed E-state index contributed by atoms with van der Waals surface area (Å²) in [4.78, 5) is 38.2. The third-order valence-corrected chi connectivity index (χ3v) is 4.51. The van der Waals surface area contributed by atoms with Crippen molar-refractivity contribution in [2.45, 2.75) is 26.3 Å². The second-order valence-electron chi connectivity index (χ2n) is 6.55. The van der Waals surface area contributed by atoms with Crippen LogP contribution in [0.4, 0.5) is 4.79 Å². The highest BCUT2D eigenvalue weighted by Crippen LogP contribution is 2.29. The fraction of sp³-hybridized carbons (Fsp3) is 0.250. The van der Waals surface area contributed by atoms with Crippen LogP contribution in [-0.2, 0) is 15.1 Å². The summed E-state index contributed by atoms with van der Waals surface area (Å²) in [5, 5.41) is 2.68. The molecular formula is C20H20N2O4. The van der Waals surface area contributed by atoms with E-state index in [0.717, 1.165) is 16.0 Å². The molecule has 2 aromatic carbocycles. The highest BCUT2D eigenvalue weighted by Gasteiger charge is 2.49. The predicted octanol–water partition coefficient (Wildman–Crippen LogP) is 2.68. The first-order valence-corrected chi connectivity index (χ1v) is 8.29. The Morgan fingerprint density at radius 2 is 1.73 bits per heavy atom. The quantitative estimate of drug-likeness (QED) is 0.521. The van der Waals surface area contributed by atoms with Gasteiger partial charge in [0.05, 0.1) is 0 Å². The third kappa shape index (κ3) is 3.18. The van der Waals surface area contributed by atoms with Crippen LogP contribution in [-0.4, -0.2) is 29.4 Å². The first kappa shape index (κ1) is 17.7. The van der Waals surface area contributed by atoms with Crippen molar-refractivity contribution >= 4 is 17.9 Å². The number of benzene rings is 2. The minimum absolute atomic E-state index is 0.408. The molecule has 1 aliphatic rings. The number of esters is 1. The summed E-state index contributed by atoms with van der Waals surface area (Å²) in [6, 6.07) is 13.8. The molecule has 1 unspecified atom stereocenters. The van der Waals surface area contributed by atoms with Crippen molar-refractivity contribution in [2.24, 2.45) is 0 Å². The standard InChI is InChI=1S/C20H20N2O4/c1-13-8-10-15(11-9-13)20(3)18(24)22(19(25)21-20)12-17(23)26-16-7-5-4-6-14(16)2/h4-11H,12H2,1-3H3,(H,21,25). The molecule has 0 aromatic heterocycles. The van der Waals surface area contributed by atoms with E-state index in [-0.39, 0.29) is 0 Å². The molecule has 6 heteroatoms. The van der Waals surface area contributed by atoms with E-state index in [1.807, 2.05) is 38.1 Å². The zero-order valence-electron chi connectivity index (χ0n) is 14.9. The molecule has 0 aliphatic carbocycles. The first-order valence-electron chi connectivity index (χ1n) is 8.29. The van der Waals surface area contributed by atoms with Crippen LogP contribution < -0.4 is 10.1 Å². The van der Waals surface area contributed by atoms with Crippen molar-refractivity contribution in [3.8, 4) is 5.75 Å². The van der Waals surface area contributed by atoms with Gasteiger partial charge in [0.2, 0.25) is 0 Å². The predicted molar refractivity (Wildman–Crippen MR) is 95.6 cm³/mol. The van der Waals surface area contributed by atoms with Crippen LogP contribution in [0, 0.1) is 13.8 Å². The van der Waals surface area contributed by atoms with Gasteiger partial charge in [0.25, 0.3) is 5.91 Å². The lowest BCUT2D eigenvalue weighted by molar-refractivity contribution is -0.141. The van der Waals surface area contributed by atoms with Crippen molar-refractivity contribution in [3.05, 3.63) is 65.2 Å². The van der Waals surface area contributed by atoms with Crippen LogP contribution in [0.15, 0.2) is 48.5 Å². The molecule has 26 heavy (non-hydrogen) atoms. The van der Waals surface area contributed by atoms with E-state index in [1.54, 1.807) is 31.2 Å². The van der Waals surface area contributed by atoms with Gasteiger partial charge in [-0.05, 0) is 38.0 Å². The van der Waals surface area contributed by atoms with Gasteiger partial charge in [0.1, 0.15) is 17.8 Å². The van der Waals surface area contributed by atoms with Crippen LogP contribution in [0.1, 0.15) is 23.6 Å². The van der Waals surface area contributed by atoms with E-state index in [9.17, 15) is 14.4 Å². The molecule has 1 saturated heterocycles. The van der Waals surface area contributed by atoms with Gasteiger partial charge in [-0.15, -0.1) is 0 Å². The van der Waals surface area contributed by atoms with E-state index in [4.69, 9.17) is 4.74 Å². The Balaban J connectivity index is 1.76. The van der Waals surface area contributed by atoms with Gasteiger partial charge < -0.3 is 10.1 Å². The molecule has 1 atom stereocenters. The average Bonchev–Trinajstić information content (AvgIpc) is 2.82. The van der Waals surface area contributed by atoms with Gasteiger partial charge in [-0.2, -0.15) is 0 Å². The summed E-state index contributed by atoms with van der Waals surface area (Å²) in [5.74, 6) is -0.741. The number of aryl methyl sites for hydroxylation is 2. The Hall–Kier alpha value is -3.15. The molecule has 1 heterocycles. The fourth-order valence-corrected chi connectivity index (χ4v) is 2.88. The van der Waals surface area contributed by atoms with E-state index in [1.165, 1.54) is 0 Å². The lowest BCUT2D eigenvalue weighted by Crippen LogP contribution is -2.42. The smallest absolute Gasteiger partial charge is 0.331 e. The number of carbonyl (C=O) groups is 3. The largest absolute Gasteiger partial charge is 0.425 e. The van der Waals surface area contributed by atoms with Crippen LogP contribution in [0.2, 0.25) is 0 Å². The SMILES string of the molecule is Cc1ccc(C2(C)NC(=O)N(CC(=O)Oc3ccccc3C)C2=O)cc1. The molecule has 0 bridgehead atoms. The van der Waals surface area contributed by atoms with E-state index in [0.29, 0.717) is 11.3 Å². The number of para-hydroxylation sites is 1. The van der Waals surface area contributed by atoms with Gasteiger partial charge >= 0.3 is 12.0 Å². The summed E-state index contributed by atoms with van der Waals surface area (Å²) in [5.41, 5.74) is 1.31. The molecule has 6 nitrogen and oxygen atoms in total. The number of ether oxygens (including phenoxy) is 1. The molecule has 1 N–H and O–H groups in total. The Morgan fingerprint density at radius 3 is 2.38 bits per heavy atom. The van der Waals surface area contributed by atoms with Crippen molar-refractivity contribution in [1.82, 2.24) is 10.2 Å². The average molecular weight is 352 g/mol. The van der Waals surface area contributed by atoms with Gasteiger partial charge in [-0.3, -0.25) is 9.69 Å². The Labute approximate surface area is 151 Å². The van der Waals surface area contributed by atoms with Gasteiger partial charge in [-0.25, -0.2) is 9.59 Å². The lowest BCUT2D eigenvalue weighted by Gasteiger charge is -2.22. The van der Waals surface area contributed by atoms with E-state index < -0.39 is 30.0 Å². The third-order valence-electron chi connectivity index (χ3n) is 4.51. The van der Waals surface area contributed by atoms with Crippen LogP contribution in [0.25, 0.3) is 0 Å². The van der Waals surface area contributed by atoms with Crippen LogP contribution in [0.3, 0.4) is 0 Å². The second-order valence-corrected chi connectivity index (χ2v) is 6.55. The minimum atomic E-state index is -1.20. The number of rotatable bonds is 4. The van der Waals surface area contributed by atoms with E-state index in [2.05, 4.69) is 5.32 Å². The summed E-state index contributed by atoms with van der Waals surface area (Å²) in [7, 11) is 0. The molecule has 134 valence electrons. The van der Waals surface area contributed by atoms with Crippen LogP contribution in [0.5, 0.6) is 5.75 Å². The fourth-order valence-electron chi connectivity index (χ4n) is 2.88. The Bertz CT molecular complexity index is 876. The number of hydrogen-bond acceptors (Lipinski definition) is 4. The van der Waals surface area contributed by atoms with Crippen molar-refractivity contribution < 1.29 is 19.1 Å². The maximum Gasteiger partial charge on any atom is 0.331 e. The highest BCUT2D eigenvalue weighted by molar-refractivity contribution is 6.08. The maximum absolute atomic E-state index is 12.8. The van der Waals surface area contributed by atoms with Gasteiger partial charge in [-0.1, -0.05) is 48.0 Å². The second kappa shape index (κ2) is 6.63. The molecule has 0 radical (unpaired) electrons. The first-order chi connectivity index (χ1) is 12.3. The van der Waals surface area contributed by atoms with Crippen molar-refractivity contribution in [3.63, 3.8) is 0 Å². The van der Waals surface area contributed by atoms with Gasteiger partial charge in [0, 0.05) is 0 Å². The molecule has 1 aliphatic heterocycles. The van der Waals surface area contributed by atoms with Crippen molar-refractivity contribution in [2.75, 3.05) is 6.54 Å². The number of urea groups is 1. The molecule has 0 saturated carbocycles. The number of hydrogen-bond donors (Lipinski definition) is 1. The number of nitrogens with zero attached hydrogens (tertiary/aromatic N) is 1. The Kier molecular flexibility index (Phi) is 4.50. The molecule has 3 rings (SSSR count). The number of amides is 3. The zero-order valence-corrected chi connectivity index (χ0v) is 14.9. The van der Waals surface area contributed by atoms with E-state index >= 15 is 0 Å². The number of imide groups is 1. The molecule has 0 spiro atoms. The molecule has 3 amide bonds. The number of carbonyl (C=O) groups excluding carboxylic acids is 3. The molecular weight excluding hydrogens is 332 g/mol. The molecule has 2 aromatic rings. The highest BCUT2D eigenvalue weighted by atomic mass is 16.5. The summed E-state index contributed by atoms with van der Waals surface area (Å²) in [6.45, 7) is 4.94. The zero-order chi connectivity index (χ0) is 18.9. The molecule has 1 fully saturated rings. The minimum Gasteiger partial charge on any atom is -0.425 e. The summed E-state index contributed by atoms with van der Waals surface area (Å²) in [6.07, 6.45) is 0. The summed E-state index contributed by atoms with van der Waals surface area (Å²) >= 11 is 0. The maximum atomic E-state index is 12.8.